The monoisotopic (exact) mass is 467 g/mol. The van der Waals surface area contributed by atoms with Gasteiger partial charge in [0, 0.05) is 37.5 Å². The van der Waals surface area contributed by atoms with Crippen LogP contribution in [-0.4, -0.2) is 34.7 Å². The molecule has 0 fully saturated rings. The Morgan fingerprint density at radius 1 is 0.938 bits per heavy atom. The zero-order valence-electron chi connectivity index (χ0n) is 17.4. The molecule has 170 valence electrons. The van der Waals surface area contributed by atoms with Gasteiger partial charge in [-0.15, -0.1) is 0 Å². The van der Waals surface area contributed by atoms with Gasteiger partial charge < -0.3 is 9.64 Å². The Balaban J connectivity index is 2.04. The summed E-state index contributed by atoms with van der Waals surface area (Å²) < 4.78 is 76.8. The number of fused-ring (bicyclic) bond motifs is 1. The van der Waals surface area contributed by atoms with E-state index >= 15 is 0 Å². The van der Waals surface area contributed by atoms with Crippen LogP contribution in [0.25, 0.3) is 10.8 Å². The van der Waals surface area contributed by atoms with Crippen LogP contribution in [-0.2, 0) is 19.1 Å². The standard InChI is InChI=1S/C22H20F3NO5S/c1-14(27)30-16-12-10-15(11-13-16)21(22(23,24)25)31-32(28,29)20-9-5-6-17-18(20)7-4-8-19(17)26(2)3/h4-13,21H,1-3H3. The lowest BCUT2D eigenvalue weighted by atomic mass is 10.1. The summed E-state index contributed by atoms with van der Waals surface area (Å²) in [7, 11) is -1.27. The van der Waals surface area contributed by atoms with Gasteiger partial charge in [-0.05, 0) is 29.8 Å². The van der Waals surface area contributed by atoms with Crippen molar-refractivity contribution in [3.63, 3.8) is 0 Å². The molecule has 0 aliphatic carbocycles. The number of rotatable bonds is 6. The topological polar surface area (TPSA) is 72.9 Å². The minimum atomic E-state index is -5.02. The lowest BCUT2D eigenvalue weighted by molar-refractivity contribution is -0.196. The molecule has 0 aliphatic heterocycles. The predicted octanol–water partition coefficient (Wildman–Crippen LogP) is 4.84. The first kappa shape index (κ1) is 23.6. The van der Waals surface area contributed by atoms with Gasteiger partial charge >= 0.3 is 12.1 Å². The molecule has 1 unspecified atom stereocenters. The van der Waals surface area contributed by atoms with Crippen LogP contribution in [0.3, 0.4) is 0 Å². The molecule has 3 aromatic rings. The van der Waals surface area contributed by atoms with Gasteiger partial charge in [-0.1, -0.05) is 36.4 Å². The molecule has 32 heavy (non-hydrogen) atoms. The van der Waals surface area contributed by atoms with E-state index < -0.39 is 33.9 Å². The lowest BCUT2D eigenvalue weighted by Gasteiger charge is -2.22. The number of benzene rings is 3. The van der Waals surface area contributed by atoms with Crippen molar-refractivity contribution < 1.29 is 35.3 Å². The quantitative estimate of drug-likeness (QED) is 0.294. The number of hydrogen-bond donors (Lipinski definition) is 0. The first-order valence-electron chi connectivity index (χ1n) is 9.37. The molecular weight excluding hydrogens is 447 g/mol. The van der Waals surface area contributed by atoms with E-state index in [9.17, 15) is 26.4 Å². The largest absolute Gasteiger partial charge is 0.427 e. The van der Waals surface area contributed by atoms with E-state index in [1.165, 1.54) is 18.2 Å². The molecule has 3 aromatic carbocycles. The van der Waals surface area contributed by atoms with Gasteiger partial charge in [-0.25, -0.2) is 4.18 Å². The number of ether oxygens (including phenoxy) is 1. The zero-order valence-corrected chi connectivity index (χ0v) is 18.2. The smallest absolute Gasteiger partial charge is 0.420 e. The predicted molar refractivity (Wildman–Crippen MR) is 113 cm³/mol. The second-order valence-corrected chi connectivity index (χ2v) is 8.70. The minimum absolute atomic E-state index is 0.0234. The van der Waals surface area contributed by atoms with E-state index in [1.54, 1.807) is 37.2 Å². The van der Waals surface area contributed by atoms with E-state index in [1.807, 2.05) is 0 Å². The summed E-state index contributed by atoms with van der Waals surface area (Å²) in [5.41, 5.74) is 0.249. The van der Waals surface area contributed by atoms with E-state index in [4.69, 9.17) is 8.92 Å². The molecule has 6 nitrogen and oxygen atoms in total. The summed E-state index contributed by atoms with van der Waals surface area (Å²) in [4.78, 5) is 12.4. The van der Waals surface area contributed by atoms with Crippen molar-refractivity contribution in [2.24, 2.45) is 0 Å². The molecule has 0 aromatic heterocycles. The molecule has 0 aliphatic rings. The van der Waals surface area contributed by atoms with Gasteiger partial charge in [0.15, 0.2) is 6.10 Å². The van der Waals surface area contributed by atoms with Crippen molar-refractivity contribution in [1.82, 2.24) is 0 Å². The number of carbonyl (C=O) groups excluding carboxylic acids is 1. The maximum Gasteiger partial charge on any atom is 0.420 e. The Hall–Kier alpha value is -3.11. The molecule has 0 saturated carbocycles. The molecule has 0 bridgehead atoms. The maximum atomic E-state index is 13.8. The summed E-state index contributed by atoms with van der Waals surface area (Å²) in [5, 5.41) is 0.793. The van der Waals surface area contributed by atoms with E-state index in [2.05, 4.69) is 0 Å². The van der Waals surface area contributed by atoms with E-state index in [0.717, 1.165) is 31.2 Å². The van der Waals surface area contributed by atoms with Crippen LogP contribution in [0.15, 0.2) is 65.6 Å². The zero-order chi connectivity index (χ0) is 23.7. The Kier molecular flexibility index (Phi) is 6.47. The number of carbonyl (C=O) groups is 1. The molecule has 0 spiro atoms. The fourth-order valence-corrected chi connectivity index (χ4v) is 4.50. The first-order chi connectivity index (χ1) is 14.9. The van der Waals surface area contributed by atoms with Gasteiger partial charge in [0.2, 0.25) is 0 Å². The third-order valence-corrected chi connectivity index (χ3v) is 5.92. The number of hydrogen-bond acceptors (Lipinski definition) is 6. The van der Waals surface area contributed by atoms with Crippen molar-refractivity contribution in [3.8, 4) is 5.75 Å². The first-order valence-corrected chi connectivity index (χ1v) is 10.8. The average molecular weight is 467 g/mol. The van der Waals surface area contributed by atoms with Gasteiger partial charge in [0.05, 0.1) is 0 Å². The number of anilines is 1. The van der Waals surface area contributed by atoms with Crippen LogP contribution >= 0.6 is 0 Å². The minimum Gasteiger partial charge on any atom is -0.427 e. The molecule has 0 heterocycles. The second kappa shape index (κ2) is 8.79. The number of esters is 1. The third kappa shape index (κ3) is 5.03. The molecule has 1 atom stereocenters. The highest BCUT2D eigenvalue weighted by Gasteiger charge is 2.45. The molecule has 0 saturated heterocycles. The molecule has 3 rings (SSSR count). The van der Waals surface area contributed by atoms with Crippen LogP contribution < -0.4 is 9.64 Å². The Morgan fingerprint density at radius 2 is 1.53 bits per heavy atom. The highest BCUT2D eigenvalue weighted by molar-refractivity contribution is 7.87. The Labute approximate surface area is 183 Å². The van der Waals surface area contributed by atoms with E-state index in [0.29, 0.717) is 11.1 Å². The summed E-state index contributed by atoms with van der Waals surface area (Å²) in [6, 6.07) is 13.5. The highest BCUT2D eigenvalue weighted by Crippen LogP contribution is 2.40. The fraction of sp³-hybridized carbons (Fsp3) is 0.227. The third-order valence-electron chi connectivity index (χ3n) is 4.57. The van der Waals surface area contributed by atoms with Crippen molar-refractivity contribution >= 4 is 32.5 Å². The van der Waals surface area contributed by atoms with Crippen molar-refractivity contribution in [1.29, 1.82) is 0 Å². The number of alkyl halides is 3. The molecule has 0 amide bonds. The Bertz CT molecular complexity index is 1240. The van der Waals surface area contributed by atoms with Crippen LogP contribution in [0, 0.1) is 0 Å². The summed E-state index contributed by atoms with van der Waals surface area (Å²) in [5.74, 6) is -0.618. The highest BCUT2D eigenvalue weighted by atomic mass is 32.2. The summed E-state index contributed by atoms with van der Waals surface area (Å²) in [6.45, 7) is 1.15. The second-order valence-electron chi connectivity index (χ2n) is 7.16. The number of nitrogens with zero attached hydrogens (tertiary/aromatic N) is 1. The molecule has 0 N–H and O–H groups in total. The maximum absolute atomic E-state index is 13.8. The fourth-order valence-electron chi connectivity index (χ4n) is 3.23. The van der Waals surface area contributed by atoms with Crippen molar-refractivity contribution in [3.05, 3.63) is 66.2 Å². The molecule has 0 radical (unpaired) electrons. The van der Waals surface area contributed by atoms with Gasteiger partial charge in [0.1, 0.15) is 10.6 Å². The average Bonchev–Trinajstić information content (AvgIpc) is 2.70. The molecule has 10 heteroatoms. The summed E-state index contributed by atoms with van der Waals surface area (Å²) >= 11 is 0. The SMILES string of the molecule is CC(=O)Oc1ccc(C(OS(=O)(=O)c2cccc3c(N(C)C)cccc23)C(F)(F)F)cc1. The normalized spacial score (nSPS) is 13.1. The van der Waals surface area contributed by atoms with E-state index in [-0.39, 0.29) is 16.0 Å². The van der Waals surface area contributed by atoms with Crippen LogP contribution in [0.2, 0.25) is 0 Å². The van der Waals surface area contributed by atoms with Crippen LogP contribution in [0.4, 0.5) is 18.9 Å². The van der Waals surface area contributed by atoms with Crippen molar-refractivity contribution in [2.45, 2.75) is 24.1 Å². The van der Waals surface area contributed by atoms with Gasteiger partial charge in [-0.2, -0.15) is 21.6 Å². The number of halogens is 3. The Morgan fingerprint density at radius 3 is 2.09 bits per heavy atom. The summed E-state index contributed by atoms with van der Waals surface area (Å²) in [6.07, 6.45) is -7.76. The van der Waals surface area contributed by atoms with Crippen LogP contribution in [0.5, 0.6) is 5.75 Å². The van der Waals surface area contributed by atoms with Gasteiger partial charge in [-0.3, -0.25) is 4.79 Å². The lowest BCUT2D eigenvalue weighted by Crippen LogP contribution is -2.26. The molecular formula is C22H20F3NO5S. The van der Waals surface area contributed by atoms with Crippen LogP contribution in [0.1, 0.15) is 18.6 Å². The van der Waals surface area contributed by atoms with Crippen molar-refractivity contribution in [2.75, 3.05) is 19.0 Å². The van der Waals surface area contributed by atoms with Gasteiger partial charge in [0.25, 0.3) is 10.1 Å².